The maximum absolute atomic E-state index is 11.6. The molecule has 0 aliphatic carbocycles. The zero-order valence-electron chi connectivity index (χ0n) is 9.48. The van der Waals surface area contributed by atoms with Gasteiger partial charge in [0.25, 0.3) is 0 Å². The van der Waals surface area contributed by atoms with Crippen LogP contribution in [0.1, 0.15) is 25.7 Å². The lowest BCUT2D eigenvalue weighted by Crippen LogP contribution is -2.31. The fourth-order valence-electron chi connectivity index (χ4n) is 1.33. The van der Waals surface area contributed by atoms with E-state index in [9.17, 15) is 4.79 Å². The molecule has 1 heterocycles. The van der Waals surface area contributed by atoms with Crippen molar-refractivity contribution in [3.8, 4) is 0 Å². The molecule has 1 amide bonds. The van der Waals surface area contributed by atoms with Gasteiger partial charge in [-0.3, -0.25) is 4.79 Å². The smallest absolute Gasteiger partial charge is 0.228 e. The van der Waals surface area contributed by atoms with E-state index in [-0.39, 0.29) is 11.8 Å². The van der Waals surface area contributed by atoms with Crippen molar-refractivity contribution in [1.29, 1.82) is 0 Å². The van der Waals surface area contributed by atoms with Gasteiger partial charge in [-0.15, -0.1) is 0 Å². The summed E-state index contributed by atoms with van der Waals surface area (Å²) < 4.78 is 4.81. The maximum atomic E-state index is 11.6. The number of hydrogen-bond donors (Lipinski definition) is 2. The second-order valence-corrected chi connectivity index (χ2v) is 3.71. The molecule has 0 aliphatic rings. The second-order valence-electron chi connectivity index (χ2n) is 3.71. The van der Waals surface area contributed by atoms with Gasteiger partial charge in [-0.05, 0) is 19.4 Å². The lowest BCUT2D eigenvalue weighted by Gasteiger charge is -2.10. The highest BCUT2D eigenvalue weighted by Crippen LogP contribution is 2.04. The minimum atomic E-state index is 0.00577. The van der Waals surface area contributed by atoms with Crippen LogP contribution >= 0.6 is 0 Å². The lowest BCUT2D eigenvalue weighted by atomic mass is 10.1. The Kier molecular flexibility index (Phi) is 5.49. The first-order chi connectivity index (χ1) is 7.74. The molecule has 0 bridgehead atoms. The molecular formula is C10H18N4O2. The van der Waals surface area contributed by atoms with E-state index in [0.717, 1.165) is 12.8 Å². The van der Waals surface area contributed by atoms with Gasteiger partial charge in [-0.25, -0.2) is 0 Å². The summed E-state index contributed by atoms with van der Waals surface area (Å²) >= 11 is 0. The van der Waals surface area contributed by atoms with Gasteiger partial charge >= 0.3 is 0 Å². The lowest BCUT2D eigenvalue weighted by molar-refractivity contribution is -0.124. The van der Waals surface area contributed by atoms with Crippen molar-refractivity contribution in [3.63, 3.8) is 0 Å². The highest BCUT2D eigenvalue weighted by molar-refractivity contribution is 5.78. The minimum absolute atomic E-state index is 0.00577. The summed E-state index contributed by atoms with van der Waals surface area (Å²) in [7, 11) is 0. The molecule has 0 aromatic carbocycles. The van der Waals surface area contributed by atoms with Crippen molar-refractivity contribution < 1.29 is 9.32 Å². The van der Waals surface area contributed by atoms with Gasteiger partial charge in [0, 0.05) is 18.9 Å². The fraction of sp³-hybridized carbons (Fsp3) is 0.700. The van der Waals surface area contributed by atoms with Crippen molar-refractivity contribution in [2.24, 2.45) is 11.7 Å². The van der Waals surface area contributed by atoms with Crippen LogP contribution in [0.25, 0.3) is 0 Å². The van der Waals surface area contributed by atoms with Crippen molar-refractivity contribution in [2.45, 2.75) is 26.2 Å². The quantitative estimate of drug-likeness (QED) is 0.687. The molecular weight excluding hydrogens is 208 g/mol. The summed E-state index contributed by atoms with van der Waals surface area (Å²) in [5.41, 5.74) is 5.38. The molecule has 1 rings (SSSR count). The summed E-state index contributed by atoms with van der Waals surface area (Å²) in [5.74, 6) is 0.592. The van der Waals surface area contributed by atoms with E-state index in [4.69, 9.17) is 10.3 Å². The number of aromatic nitrogens is 2. The first kappa shape index (κ1) is 12.6. The summed E-state index contributed by atoms with van der Waals surface area (Å²) in [6.45, 7) is 3.05. The van der Waals surface area contributed by atoms with Crippen LogP contribution in [0.4, 0.5) is 0 Å². The van der Waals surface area contributed by atoms with Gasteiger partial charge in [0.15, 0.2) is 6.33 Å². The molecule has 16 heavy (non-hydrogen) atoms. The van der Waals surface area contributed by atoms with Crippen molar-refractivity contribution in [3.05, 3.63) is 12.2 Å². The van der Waals surface area contributed by atoms with Crippen LogP contribution < -0.4 is 11.1 Å². The number of nitrogens with zero attached hydrogens (tertiary/aromatic N) is 2. The first-order valence-corrected chi connectivity index (χ1v) is 5.47. The number of nitrogens with one attached hydrogen (secondary N) is 1. The largest absolute Gasteiger partial charge is 0.355 e. The van der Waals surface area contributed by atoms with E-state index in [1.54, 1.807) is 0 Å². The number of carbonyl (C=O) groups is 1. The summed E-state index contributed by atoms with van der Waals surface area (Å²) in [6.07, 6.45) is 3.61. The molecule has 1 unspecified atom stereocenters. The zero-order valence-corrected chi connectivity index (χ0v) is 9.48. The third-order valence-corrected chi connectivity index (χ3v) is 2.33. The molecule has 1 aromatic heterocycles. The third-order valence-electron chi connectivity index (χ3n) is 2.33. The number of carbonyl (C=O) groups excluding carboxylic acids is 1. The predicted molar refractivity (Wildman–Crippen MR) is 58.5 cm³/mol. The Bertz CT molecular complexity index is 300. The first-order valence-electron chi connectivity index (χ1n) is 5.47. The molecule has 1 atom stereocenters. The molecule has 0 radical (unpaired) electrons. The van der Waals surface area contributed by atoms with Crippen LogP contribution in [0.15, 0.2) is 10.9 Å². The molecule has 1 aromatic rings. The van der Waals surface area contributed by atoms with E-state index in [1.165, 1.54) is 6.33 Å². The zero-order chi connectivity index (χ0) is 11.8. The summed E-state index contributed by atoms with van der Waals surface area (Å²) in [5, 5.41) is 6.30. The molecule has 0 fully saturated rings. The van der Waals surface area contributed by atoms with Gasteiger partial charge in [0.1, 0.15) is 0 Å². The number of amides is 1. The van der Waals surface area contributed by atoms with Crippen LogP contribution in [-0.2, 0) is 11.2 Å². The highest BCUT2D eigenvalue weighted by atomic mass is 16.5. The van der Waals surface area contributed by atoms with E-state index in [0.29, 0.717) is 25.4 Å². The molecule has 90 valence electrons. The monoisotopic (exact) mass is 226 g/mol. The Morgan fingerprint density at radius 2 is 2.50 bits per heavy atom. The van der Waals surface area contributed by atoms with Crippen molar-refractivity contribution >= 4 is 5.91 Å². The number of hydrogen-bond acceptors (Lipinski definition) is 5. The van der Waals surface area contributed by atoms with Crippen LogP contribution in [-0.4, -0.2) is 29.1 Å². The average Bonchev–Trinajstić information content (AvgIpc) is 2.78. The van der Waals surface area contributed by atoms with Crippen LogP contribution in [0.5, 0.6) is 0 Å². The van der Waals surface area contributed by atoms with Crippen molar-refractivity contribution in [1.82, 2.24) is 15.5 Å². The maximum Gasteiger partial charge on any atom is 0.228 e. The molecule has 6 nitrogen and oxygen atoms in total. The van der Waals surface area contributed by atoms with Crippen LogP contribution in [0, 0.1) is 5.92 Å². The second kappa shape index (κ2) is 6.95. The van der Waals surface area contributed by atoms with E-state index in [2.05, 4.69) is 15.5 Å². The average molecular weight is 226 g/mol. The third kappa shape index (κ3) is 4.39. The fourth-order valence-corrected chi connectivity index (χ4v) is 1.33. The van der Waals surface area contributed by atoms with Gasteiger partial charge in [0.2, 0.25) is 11.8 Å². The van der Waals surface area contributed by atoms with Crippen molar-refractivity contribution in [2.75, 3.05) is 13.1 Å². The molecule has 0 aliphatic heterocycles. The summed E-state index contributed by atoms with van der Waals surface area (Å²) in [4.78, 5) is 15.4. The van der Waals surface area contributed by atoms with E-state index in [1.807, 2.05) is 6.92 Å². The molecule has 0 spiro atoms. The molecule has 0 saturated heterocycles. The van der Waals surface area contributed by atoms with Gasteiger partial charge in [-0.1, -0.05) is 12.1 Å². The highest BCUT2D eigenvalue weighted by Gasteiger charge is 2.11. The van der Waals surface area contributed by atoms with Crippen LogP contribution in [0.3, 0.4) is 0 Å². The SMILES string of the molecule is CC(CCCN)C(=O)NCCc1ncno1. The Hall–Kier alpha value is -1.43. The van der Waals surface area contributed by atoms with Gasteiger partial charge in [-0.2, -0.15) is 4.98 Å². The predicted octanol–water partition coefficient (Wildman–Crippen LogP) is 0.103. The minimum Gasteiger partial charge on any atom is -0.355 e. The number of rotatable bonds is 7. The Morgan fingerprint density at radius 1 is 1.69 bits per heavy atom. The molecule has 6 heteroatoms. The summed E-state index contributed by atoms with van der Waals surface area (Å²) in [6, 6.07) is 0. The Labute approximate surface area is 94.6 Å². The topological polar surface area (TPSA) is 94.0 Å². The number of nitrogens with two attached hydrogens (primary N) is 1. The Balaban J connectivity index is 2.14. The van der Waals surface area contributed by atoms with E-state index < -0.39 is 0 Å². The molecule has 0 saturated carbocycles. The Morgan fingerprint density at radius 3 is 3.12 bits per heavy atom. The molecule has 3 N–H and O–H groups in total. The van der Waals surface area contributed by atoms with E-state index >= 15 is 0 Å². The van der Waals surface area contributed by atoms with Gasteiger partial charge in [0.05, 0.1) is 0 Å². The van der Waals surface area contributed by atoms with Gasteiger partial charge < -0.3 is 15.6 Å². The normalized spacial score (nSPS) is 12.4. The standard InChI is InChI=1S/C10H18N4O2/c1-8(3-2-5-11)10(15)12-6-4-9-13-7-14-16-9/h7-8H,2-6,11H2,1H3,(H,12,15). The van der Waals surface area contributed by atoms with Crippen LogP contribution in [0.2, 0.25) is 0 Å².